The number of aryl methyl sites for hydroxylation is 1. The Labute approximate surface area is 126 Å². The molecule has 0 saturated carbocycles. The van der Waals surface area contributed by atoms with Crippen molar-refractivity contribution in [2.75, 3.05) is 13.2 Å². The number of halogens is 1. The maximum absolute atomic E-state index is 12.6. The lowest BCUT2D eigenvalue weighted by atomic mass is 10.1. The van der Waals surface area contributed by atoms with Crippen LogP contribution in [0.4, 0.5) is 0 Å². The van der Waals surface area contributed by atoms with Crippen LogP contribution in [-0.2, 0) is 10.0 Å². The molecule has 19 heavy (non-hydrogen) atoms. The van der Waals surface area contributed by atoms with Crippen molar-refractivity contribution in [1.29, 1.82) is 0 Å². The first-order valence-corrected chi connectivity index (χ1v) is 9.40. The lowest BCUT2D eigenvalue weighted by Crippen LogP contribution is -2.35. The van der Waals surface area contributed by atoms with E-state index in [2.05, 4.69) is 15.9 Å². The van der Waals surface area contributed by atoms with Crippen LogP contribution >= 0.6 is 27.3 Å². The van der Waals surface area contributed by atoms with Crippen LogP contribution in [0.2, 0.25) is 0 Å². The maximum atomic E-state index is 12.6. The summed E-state index contributed by atoms with van der Waals surface area (Å²) in [6.07, 6.45) is 3.19. The van der Waals surface area contributed by atoms with Crippen LogP contribution in [-0.4, -0.2) is 37.0 Å². The molecule has 0 radical (unpaired) electrons. The van der Waals surface area contributed by atoms with Crippen LogP contribution in [0.25, 0.3) is 0 Å². The minimum atomic E-state index is -3.38. The van der Waals surface area contributed by atoms with Crippen molar-refractivity contribution in [2.24, 2.45) is 0 Å². The Hall–Kier alpha value is 0.0500. The van der Waals surface area contributed by atoms with Gasteiger partial charge in [0.15, 0.2) is 0 Å². The number of aliphatic hydroxyl groups excluding tert-OH is 1. The number of rotatable bonds is 5. The largest absolute Gasteiger partial charge is 0.396 e. The monoisotopic (exact) mass is 367 g/mol. The zero-order valence-corrected chi connectivity index (χ0v) is 14.0. The number of sulfonamides is 1. The first kappa shape index (κ1) is 15.4. The van der Waals surface area contributed by atoms with Crippen LogP contribution in [0, 0.1) is 6.92 Å². The summed E-state index contributed by atoms with van der Waals surface area (Å²) in [5.74, 6) is 0. The quantitative estimate of drug-likeness (QED) is 0.870. The van der Waals surface area contributed by atoms with E-state index in [0.29, 0.717) is 17.2 Å². The summed E-state index contributed by atoms with van der Waals surface area (Å²) < 4.78 is 28.1. The molecule has 1 unspecified atom stereocenters. The molecule has 1 N–H and O–H groups in total. The van der Waals surface area contributed by atoms with Crippen LogP contribution in [0.5, 0.6) is 0 Å². The van der Waals surface area contributed by atoms with E-state index < -0.39 is 10.0 Å². The highest BCUT2D eigenvalue weighted by molar-refractivity contribution is 9.11. The van der Waals surface area contributed by atoms with Gasteiger partial charge in [-0.1, -0.05) is 0 Å². The number of hydrogen-bond donors (Lipinski definition) is 1. The predicted molar refractivity (Wildman–Crippen MR) is 80.0 cm³/mol. The van der Waals surface area contributed by atoms with Crippen molar-refractivity contribution < 1.29 is 13.5 Å². The molecule has 1 atom stereocenters. The Morgan fingerprint density at radius 1 is 1.58 bits per heavy atom. The number of hydrogen-bond acceptors (Lipinski definition) is 4. The van der Waals surface area contributed by atoms with Crippen LogP contribution in [0.3, 0.4) is 0 Å². The summed E-state index contributed by atoms with van der Waals surface area (Å²) in [6, 6.07) is 1.77. The minimum Gasteiger partial charge on any atom is -0.396 e. The number of nitrogens with zero attached hydrogens (tertiary/aromatic N) is 1. The van der Waals surface area contributed by atoms with Gasteiger partial charge in [0, 0.05) is 19.2 Å². The molecule has 0 amide bonds. The molecule has 1 aromatic heterocycles. The maximum Gasteiger partial charge on any atom is 0.252 e. The molecule has 1 aromatic rings. The topological polar surface area (TPSA) is 57.6 Å². The van der Waals surface area contributed by atoms with E-state index in [1.165, 1.54) is 11.3 Å². The van der Waals surface area contributed by atoms with E-state index in [1.807, 2.05) is 6.92 Å². The SMILES string of the molecule is Cc1cc(S(=O)(=O)N2CCCC2CCCO)sc1Br. The summed E-state index contributed by atoms with van der Waals surface area (Å²) in [5, 5.41) is 8.90. The highest BCUT2D eigenvalue weighted by Crippen LogP contribution is 2.35. The third-order valence-electron chi connectivity index (χ3n) is 3.42. The lowest BCUT2D eigenvalue weighted by molar-refractivity contribution is 0.264. The van der Waals surface area contributed by atoms with Gasteiger partial charge in [0.2, 0.25) is 0 Å². The van der Waals surface area contributed by atoms with Gasteiger partial charge in [-0.2, -0.15) is 4.31 Å². The second-order valence-corrected chi connectivity index (χ2v) is 9.29. The van der Waals surface area contributed by atoms with Gasteiger partial charge >= 0.3 is 0 Å². The lowest BCUT2D eigenvalue weighted by Gasteiger charge is -2.23. The van der Waals surface area contributed by atoms with Crippen molar-refractivity contribution in [2.45, 2.75) is 42.9 Å². The Bertz CT molecular complexity index is 522. The molecule has 4 nitrogen and oxygen atoms in total. The van der Waals surface area contributed by atoms with Crippen molar-refractivity contribution in [3.05, 3.63) is 15.4 Å². The zero-order chi connectivity index (χ0) is 14.0. The Morgan fingerprint density at radius 3 is 2.89 bits per heavy atom. The number of aliphatic hydroxyl groups is 1. The highest BCUT2D eigenvalue weighted by Gasteiger charge is 2.35. The molecule has 0 aliphatic carbocycles. The molecule has 0 spiro atoms. The fourth-order valence-corrected chi connectivity index (χ4v) is 6.49. The van der Waals surface area contributed by atoms with Gasteiger partial charge in [-0.25, -0.2) is 8.42 Å². The second-order valence-electron chi connectivity index (χ2n) is 4.80. The van der Waals surface area contributed by atoms with Gasteiger partial charge in [-0.05, 0) is 60.2 Å². The second kappa shape index (κ2) is 6.22. The van der Waals surface area contributed by atoms with Gasteiger partial charge in [0.25, 0.3) is 10.0 Å². The summed E-state index contributed by atoms with van der Waals surface area (Å²) >= 11 is 4.65. The highest BCUT2D eigenvalue weighted by atomic mass is 79.9. The van der Waals surface area contributed by atoms with E-state index >= 15 is 0 Å². The fraction of sp³-hybridized carbons (Fsp3) is 0.667. The zero-order valence-electron chi connectivity index (χ0n) is 10.8. The summed E-state index contributed by atoms with van der Waals surface area (Å²) in [7, 11) is -3.38. The molecule has 0 aromatic carbocycles. The molecule has 108 valence electrons. The summed E-state index contributed by atoms with van der Waals surface area (Å²) in [4.78, 5) is 0. The van der Waals surface area contributed by atoms with E-state index in [4.69, 9.17) is 5.11 Å². The van der Waals surface area contributed by atoms with Gasteiger partial charge in [0.1, 0.15) is 4.21 Å². The third kappa shape index (κ3) is 3.21. The Balaban J connectivity index is 2.23. The van der Waals surface area contributed by atoms with Crippen molar-refractivity contribution in [3.8, 4) is 0 Å². The first-order valence-electron chi connectivity index (χ1n) is 6.35. The molecule has 1 aliphatic heterocycles. The first-order chi connectivity index (χ1) is 8.96. The fourth-order valence-electron chi connectivity index (χ4n) is 2.42. The van der Waals surface area contributed by atoms with Crippen LogP contribution in [0.1, 0.15) is 31.2 Å². The summed E-state index contributed by atoms with van der Waals surface area (Å²) in [5.41, 5.74) is 0.953. The molecule has 0 bridgehead atoms. The average Bonchev–Trinajstić information content (AvgIpc) is 2.95. The van der Waals surface area contributed by atoms with E-state index in [1.54, 1.807) is 10.4 Å². The molecular weight excluding hydrogens is 350 g/mol. The van der Waals surface area contributed by atoms with Crippen molar-refractivity contribution >= 4 is 37.3 Å². The average molecular weight is 368 g/mol. The van der Waals surface area contributed by atoms with Crippen molar-refractivity contribution in [3.63, 3.8) is 0 Å². The molecule has 1 fully saturated rings. The van der Waals surface area contributed by atoms with E-state index in [-0.39, 0.29) is 12.6 Å². The normalized spacial score (nSPS) is 21.1. The molecule has 7 heteroatoms. The molecule has 2 rings (SSSR count). The standard InChI is InChI=1S/C12H18BrNO3S2/c1-9-8-11(18-12(9)13)19(16,17)14-6-2-4-10(14)5-3-7-15/h8,10,15H,2-7H2,1H3. The number of thiophene rings is 1. The van der Waals surface area contributed by atoms with Gasteiger partial charge in [-0.3, -0.25) is 0 Å². The predicted octanol–water partition coefficient (Wildman–Crippen LogP) is 2.74. The van der Waals surface area contributed by atoms with Gasteiger partial charge < -0.3 is 5.11 Å². The minimum absolute atomic E-state index is 0.0401. The van der Waals surface area contributed by atoms with Crippen LogP contribution in [0.15, 0.2) is 14.1 Å². The molecule has 1 saturated heterocycles. The van der Waals surface area contributed by atoms with Gasteiger partial charge in [0.05, 0.1) is 3.79 Å². The Morgan fingerprint density at radius 2 is 2.32 bits per heavy atom. The molecule has 2 heterocycles. The van der Waals surface area contributed by atoms with E-state index in [9.17, 15) is 8.42 Å². The van der Waals surface area contributed by atoms with Gasteiger partial charge in [-0.15, -0.1) is 11.3 Å². The van der Waals surface area contributed by atoms with E-state index in [0.717, 1.165) is 28.6 Å². The van der Waals surface area contributed by atoms with Crippen molar-refractivity contribution in [1.82, 2.24) is 4.31 Å². The van der Waals surface area contributed by atoms with Crippen LogP contribution < -0.4 is 0 Å². The molecular formula is C12H18BrNO3S2. The molecule has 1 aliphatic rings. The smallest absolute Gasteiger partial charge is 0.252 e. The Kier molecular flexibility index (Phi) is 5.05. The summed E-state index contributed by atoms with van der Waals surface area (Å²) in [6.45, 7) is 2.61. The third-order valence-corrected chi connectivity index (χ3v) is 7.95.